The van der Waals surface area contributed by atoms with Crippen LogP contribution < -0.4 is 0 Å². The molecular weight excluding hydrogens is 949 g/mol. The monoisotopic (exact) mass is 990 g/mol. The molecule has 15 aromatic rings. The van der Waals surface area contributed by atoms with Crippen molar-refractivity contribution in [1.82, 2.24) is 19.5 Å². The number of rotatable bonds is 8. The lowest BCUT2D eigenvalue weighted by atomic mass is 9.92. The summed E-state index contributed by atoms with van der Waals surface area (Å²) in [6, 6.07) is 91.4. The molecule has 15 rings (SSSR count). The van der Waals surface area contributed by atoms with Gasteiger partial charge in [0.1, 0.15) is 0 Å². The quantitative estimate of drug-likeness (QED) is 0.152. The molecule has 350 valence electrons. The van der Waals surface area contributed by atoms with Crippen molar-refractivity contribution >= 4 is 84.8 Å². The van der Waals surface area contributed by atoms with Gasteiger partial charge in [0.15, 0.2) is 17.5 Å². The number of fused-ring (bicyclic) bond motifs is 11. The second-order valence-corrected chi connectivity index (χ2v) is 21.2. The maximum Gasteiger partial charge on any atom is 0.164 e. The molecule has 0 unspecified atom stereocenters. The molecule has 0 N–H and O–H groups in total. The van der Waals surface area contributed by atoms with Crippen molar-refractivity contribution in [2.24, 2.45) is 0 Å². The van der Waals surface area contributed by atoms with Gasteiger partial charge < -0.3 is 4.57 Å². The van der Waals surface area contributed by atoms with Crippen LogP contribution in [0.2, 0.25) is 0 Å². The van der Waals surface area contributed by atoms with Gasteiger partial charge in [-0.15, -0.1) is 22.7 Å². The van der Waals surface area contributed by atoms with Crippen molar-refractivity contribution in [3.8, 4) is 84.4 Å². The number of nitrogens with zero attached hydrogens (tertiary/aromatic N) is 4. The molecule has 0 fully saturated rings. The topological polar surface area (TPSA) is 43.6 Å². The van der Waals surface area contributed by atoms with Gasteiger partial charge in [0.2, 0.25) is 0 Å². The zero-order chi connectivity index (χ0) is 49.4. The van der Waals surface area contributed by atoms with E-state index in [2.05, 4.69) is 247 Å². The van der Waals surface area contributed by atoms with Crippen LogP contribution in [0, 0.1) is 0 Å². The molecule has 11 aromatic carbocycles. The van der Waals surface area contributed by atoms with Gasteiger partial charge in [0, 0.05) is 78.9 Å². The standard InChI is InChI=1S/C69H42N4S2/c1-5-17-43(18-6-1)45-29-33-49(34-30-45)67-70-68(50-35-31-46(32-36-50)44-19-7-2-8-20-44)72-69(71-67)51-41-56(47-21-9-3-10-22-47)64(57(42-51)48-23-11-4-12-24-48)73-58-27-15-13-25-54(58)62-59(73)39-37-52-53-38-40-61-63(66(53)75-65(52)62)55-26-14-16-28-60(55)74-61/h1-42H. The number of hydrogen-bond donors (Lipinski definition) is 0. The molecule has 0 amide bonds. The van der Waals surface area contributed by atoms with E-state index in [9.17, 15) is 0 Å². The summed E-state index contributed by atoms with van der Waals surface area (Å²) in [5.41, 5.74) is 15.0. The molecule has 0 saturated carbocycles. The molecule has 0 spiro atoms. The molecule has 0 bridgehead atoms. The first-order valence-electron chi connectivity index (χ1n) is 25.2. The summed E-state index contributed by atoms with van der Waals surface area (Å²) in [5.74, 6) is 1.81. The fourth-order valence-corrected chi connectivity index (χ4v) is 13.7. The van der Waals surface area contributed by atoms with Gasteiger partial charge in [-0.3, -0.25) is 0 Å². The minimum absolute atomic E-state index is 0.594. The Morgan fingerprint density at radius 1 is 0.267 bits per heavy atom. The average Bonchev–Trinajstić information content (AvgIpc) is 4.30. The molecule has 4 nitrogen and oxygen atoms in total. The van der Waals surface area contributed by atoms with Gasteiger partial charge in [0.25, 0.3) is 0 Å². The summed E-state index contributed by atoms with van der Waals surface area (Å²) >= 11 is 3.81. The SMILES string of the molecule is c1ccc(-c2ccc(-c3nc(-c4ccc(-c5ccccc5)cc4)nc(-c4cc(-c5ccccc5)c(-n5c6ccccc6c6c7sc8c(ccc9sc%10ccccc%10c98)c7ccc65)c(-c5ccccc5)c4)n3)cc2)cc1. The molecule has 4 aromatic heterocycles. The molecule has 0 atom stereocenters. The summed E-state index contributed by atoms with van der Waals surface area (Å²) in [5, 5.41) is 7.77. The third kappa shape index (κ3) is 7.29. The highest BCUT2D eigenvalue weighted by Crippen LogP contribution is 2.50. The molecule has 0 aliphatic carbocycles. The van der Waals surface area contributed by atoms with Crippen LogP contribution in [-0.4, -0.2) is 19.5 Å². The summed E-state index contributed by atoms with van der Waals surface area (Å²) in [6.07, 6.45) is 0. The Morgan fingerprint density at radius 3 is 1.25 bits per heavy atom. The minimum Gasteiger partial charge on any atom is -0.308 e. The lowest BCUT2D eigenvalue weighted by Gasteiger charge is -2.21. The van der Waals surface area contributed by atoms with Gasteiger partial charge in [-0.05, 0) is 69.8 Å². The Bertz CT molecular complexity index is 4500. The third-order valence-corrected chi connectivity index (χ3v) is 17.1. The molecule has 75 heavy (non-hydrogen) atoms. The molecular formula is C69H42N4S2. The molecule has 0 radical (unpaired) electrons. The summed E-state index contributed by atoms with van der Waals surface area (Å²) in [6.45, 7) is 0. The van der Waals surface area contributed by atoms with Crippen LogP contribution in [0.4, 0.5) is 0 Å². The maximum atomic E-state index is 5.39. The smallest absolute Gasteiger partial charge is 0.164 e. The van der Waals surface area contributed by atoms with Crippen molar-refractivity contribution in [2.75, 3.05) is 0 Å². The highest BCUT2D eigenvalue weighted by molar-refractivity contribution is 7.30. The summed E-state index contributed by atoms with van der Waals surface area (Å²) in [7, 11) is 0. The third-order valence-electron chi connectivity index (χ3n) is 14.7. The van der Waals surface area contributed by atoms with Gasteiger partial charge in [-0.2, -0.15) is 0 Å². The van der Waals surface area contributed by atoms with Crippen molar-refractivity contribution in [3.63, 3.8) is 0 Å². The fourth-order valence-electron chi connectivity index (χ4n) is 11.1. The van der Waals surface area contributed by atoms with E-state index in [0.29, 0.717) is 17.5 Å². The van der Waals surface area contributed by atoms with E-state index in [-0.39, 0.29) is 0 Å². The summed E-state index contributed by atoms with van der Waals surface area (Å²) < 4.78 is 7.82. The highest BCUT2D eigenvalue weighted by atomic mass is 32.1. The second-order valence-electron chi connectivity index (χ2n) is 19.0. The van der Waals surface area contributed by atoms with E-state index in [1.165, 1.54) is 51.1 Å². The Hall–Kier alpha value is -9.33. The molecule has 0 aliphatic heterocycles. The number of hydrogen-bond acceptors (Lipinski definition) is 5. The van der Waals surface area contributed by atoms with Crippen molar-refractivity contribution in [1.29, 1.82) is 0 Å². The second kappa shape index (κ2) is 17.7. The van der Waals surface area contributed by atoms with Crippen molar-refractivity contribution in [3.05, 3.63) is 255 Å². The number of thiophene rings is 2. The summed E-state index contributed by atoms with van der Waals surface area (Å²) in [4.78, 5) is 16.0. The van der Waals surface area contributed by atoms with Crippen LogP contribution in [0.15, 0.2) is 255 Å². The van der Waals surface area contributed by atoms with E-state index in [0.717, 1.165) is 77.9 Å². The van der Waals surface area contributed by atoms with E-state index in [1.807, 2.05) is 34.8 Å². The zero-order valence-electron chi connectivity index (χ0n) is 40.4. The first-order valence-corrected chi connectivity index (χ1v) is 26.9. The highest BCUT2D eigenvalue weighted by Gasteiger charge is 2.25. The first kappa shape index (κ1) is 43.3. The van der Waals surface area contributed by atoms with E-state index >= 15 is 0 Å². The van der Waals surface area contributed by atoms with Crippen LogP contribution in [0.5, 0.6) is 0 Å². The lowest BCUT2D eigenvalue weighted by molar-refractivity contribution is 1.07. The molecule has 6 heteroatoms. The number of benzene rings is 11. The minimum atomic E-state index is 0.594. The van der Waals surface area contributed by atoms with Gasteiger partial charge in [-0.1, -0.05) is 218 Å². The number of para-hydroxylation sites is 1. The number of aromatic nitrogens is 4. The Balaban J connectivity index is 0.987. The largest absolute Gasteiger partial charge is 0.308 e. The normalized spacial score (nSPS) is 11.7. The van der Waals surface area contributed by atoms with Crippen molar-refractivity contribution in [2.45, 2.75) is 0 Å². The van der Waals surface area contributed by atoms with E-state index < -0.39 is 0 Å². The van der Waals surface area contributed by atoms with E-state index in [4.69, 9.17) is 15.0 Å². The van der Waals surface area contributed by atoms with Gasteiger partial charge >= 0.3 is 0 Å². The zero-order valence-corrected chi connectivity index (χ0v) is 42.0. The predicted octanol–water partition coefficient (Wildman–Crippen LogP) is 19.4. The Labute approximate surface area is 440 Å². The Morgan fingerprint density at radius 2 is 0.693 bits per heavy atom. The fraction of sp³-hybridized carbons (Fsp3) is 0. The predicted molar refractivity (Wildman–Crippen MR) is 318 cm³/mol. The average molecular weight is 991 g/mol. The van der Waals surface area contributed by atoms with Gasteiger partial charge in [0.05, 0.1) is 16.7 Å². The van der Waals surface area contributed by atoms with Crippen molar-refractivity contribution < 1.29 is 0 Å². The van der Waals surface area contributed by atoms with Crippen LogP contribution in [0.1, 0.15) is 0 Å². The van der Waals surface area contributed by atoms with Crippen LogP contribution in [-0.2, 0) is 0 Å². The first-order chi connectivity index (χ1) is 37.2. The van der Waals surface area contributed by atoms with Gasteiger partial charge in [-0.25, -0.2) is 15.0 Å². The van der Waals surface area contributed by atoms with Crippen LogP contribution >= 0.6 is 22.7 Å². The maximum absolute atomic E-state index is 5.39. The lowest BCUT2D eigenvalue weighted by Crippen LogP contribution is -2.04. The molecule has 0 saturated heterocycles. The van der Waals surface area contributed by atoms with E-state index in [1.54, 1.807) is 0 Å². The molecule has 4 heterocycles. The molecule has 0 aliphatic rings. The van der Waals surface area contributed by atoms with Crippen LogP contribution in [0.25, 0.3) is 147 Å². The Kier molecular flexibility index (Phi) is 10.2. The van der Waals surface area contributed by atoms with Crippen LogP contribution in [0.3, 0.4) is 0 Å².